The van der Waals surface area contributed by atoms with Crippen molar-refractivity contribution in [3.05, 3.63) is 33.8 Å². The van der Waals surface area contributed by atoms with Crippen LogP contribution in [-0.2, 0) is 4.79 Å². The number of hydrogen-bond donors (Lipinski definition) is 1. The number of aromatic nitrogens is 2. The van der Waals surface area contributed by atoms with E-state index in [9.17, 15) is 4.79 Å². The number of carbonyl (C=O) groups excluding carboxylic acids is 1. The Morgan fingerprint density at radius 2 is 2.22 bits per heavy atom. The van der Waals surface area contributed by atoms with E-state index in [1.165, 1.54) is 23.1 Å². The van der Waals surface area contributed by atoms with Gasteiger partial charge in [0, 0.05) is 6.04 Å². The first-order chi connectivity index (χ1) is 11.0. The van der Waals surface area contributed by atoms with E-state index >= 15 is 0 Å². The third-order valence-corrected chi connectivity index (χ3v) is 5.69. The third kappa shape index (κ3) is 5.16. The van der Waals surface area contributed by atoms with Crippen LogP contribution in [0.1, 0.15) is 32.3 Å². The second-order valence-electron chi connectivity index (χ2n) is 5.38. The van der Waals surface area contributed by atoms with Gasteiger partial charge in [0.15, 0.2) is 8.29 Å². The van der Waals surface area contributed by atoms with Crippen molar-refractivity contribution in [3.8, 4) is 5.69 Å². The molecular formula is C16H21N3OS3. The average Bonchev–Trinajstić information content (AvgIpc) is 2.87. The number of nitrogens with one attached hydrogen (secondary N) is 1. The van der Waals surface area contributed by atoms with Gasteiger partial charge < -0.3 is 5.32 Å². The Morgan fingerprint density at radius 3 is 2.91 bits per heavy atom. The van der Waals surface area contributed by atoms with E-state index in [4.69, 9.17) is 12.2 Å². The summed E-state index contributed by atoms with van der Waals surface area (Å²) in [6.07, 6.45) is 2.06. The van der Waals surface area contributed by atoms with Crippen molar-refractivity contribution in [2.24, 2.45) is 0 Å². The lowest BCUT2D eigenvalue weighted by Crippen LogP contribution is -2.33. The fourth-order valence-corrected chi connectivity index (χ4v) is 4.38. The first kappa shape index (κ1) is 18.2. The quantitative estimate of drug-likeness (QED) is 0.583. The highest BCUT2D eigenvalue weighted by Gasteiger charge is 2.11. The van der Waals surface area contributed by atoms with Gasteiger partial charge in [0.25, 0.3) is 0 Å². The molecule has 0 spiro atoms. The molecule has 0 aliphatic carbocycles. The van der Waals surface area contributed by atoms with Crippen molar-refractivity contribution in [2.75, 3.05) is 5.75 Å². The van der Waals surface area contributed by atoms with Crippen molar-refractivity contribution in [3.63, 3.8) is 0 Å². The molecule has 7 heteroatoms. The van der Waals surface area contributed by atoms with Crippen LogP contribution in [-0.4, -0.2) is 27.5 Å². The molecular weight excluding hydrogens is 346 g/mol. The van der Waals surface area contributed by atoms with Gasteiger partial charge in [-0.15, -0.1) is 5.10 Å². The fourth-order valence-electron chi connectivity index (χ4n) is 2.22. The minimum absolute atomic E-state index is 0.0412. The largest absolute Gasteiger partial charge is 0.353 e. The SMILES string of the molecule is CCC[C@@H](C)NC(=O)CSc1nn(-c2ccccc2C)c(=S)s1. The van der Waals surface area contributed by atoms with Crippen molar-refractivity contribution < 1.29 is 4.79 Å². The summed E-state index contributed by atoms with van der Waals surface area (Å²) in [5.41, 5.74) is 2.11. The molecule has 1 heterocycles. The molecule has 23 heavy (non-hydrogen) atoms. The lowest BCUT2D eigenvalue weighted by atomic mass is 10.2. The monoisotopic (exact) mass is 367 g/mol. The molecule has 1 aromatic carbocycles. The van der Waals surface area contributed by atoms with Crippen LogP contribution in [0.5, 0.6) is 0 Å². The summed E-state index contributed by atoms with van der Waals surface area (Å²) < 4.78 is 3.29. The van der Waals surface area contributed by atoms with Crippen LogP contribution in [0.3, 0.4) is 0 Å². The van der Waals surface area contributed by atoms with E-state index in [-0.39, 0.29) is 11.9 Å². The predicted octanol–water partition coefficient (Wildman–Crippen LogP) is 4.37. The second-order valence-corrected chi connectivity index (χ2v) is 8.22. The second kappa shape index (κ2) is 8.61. The molecule has 124 valence electrons. The number of thioether (sulfide) groups is 1. The predicted molar refractivity (Wildman–Crippen MR) is 100 cm³/mol. The molecule has 0 bridgehead atoms. The maximum atomic E-state index is 11.9. The highest BCUT2D eigenvalue weighted by atomic mass is 32.2. The minimum atomic E-state index is 0.0412. The van der Waals surface area contributed by atoms with E-state index in [1.54, 1.807) is 4.68 Å². The topological polar surface area (TPSA) is 46.9 Å². The Bertz CT molecular complexity index is 723. The first-order valence-corrected chi connectivity index (χ1v) is 9.80. The molecule has 2 aromatic rings. The van der Waals surface area contributed by atoms with Crippen LogP contribution in [0.15, 0.2) is 28.6 Å². The fraction of sp³-hybridized carbons (Fsp3) is 0.438. The summed E-state index contributed by atoms with van der Waals surface area (Å²) in [6, 6.07) is 8.21. The molecule has 0 fully saturated rings. The summed E-state index contributed by atoms with van der Waals surface area (Å²) in [7, 11) is 0. The molecule has 0 radical (unpaired) electrons. The normalized spacial score (nSPS) is 12.1. The van der Waals surface area contributed by atoms with Crippen LogP contribution in [0.4, 0.5) is 0 Å². The van der Waals surface area contributed by atoms with Crippen LogP contribution in [0, 0.1) is 10.9 Å². The highest BCUT2D eigenvalue weighted by Crippen LogP contribution is 2.25. The number of rotatable bonds is 7. The zero-order valence-corrected chi connectivity index (χ0v) is 16.0. The number of aryl methyl sites for hydroxylation is 1. The van der Waals surface area contributed by atoms with Crippen LogP contribution >= 0.6 is 35.3 Å². The number of nitrogens with zero attached hydrogens (tertiary/aromatic N) is 2. The zero-order chi connectivity index (χ0) is 16.8. The Balaban J connectivity index is 2.01. The summed E-state index contributed by atoms with van der Waals surface area (Å²) in [5.74, 6) is 0.406. The summed E-state index contributed by atoms with van der Waals surface area (Å²) in [4.78, 5) is 11.9. The molecule has 2 rings (SSSR count). The van der Waals surface area contributed by atoms with E-state index in [2.05, 4.69) is 17.3 Å². The van der Waals surface area contributed by atoms with Crippen LogP contribution in [0.25, 0.3) is 5.69 Å². The molecule has 0 saturated carbocycles. The summed E-state index contributed by atoms with van der Waals surface area (Å²) >= 11 is 8.27. The smallest absolute Gasteiger partial charge is 0.230 e. The van der Waals surface area contributed by atoms with Gasteiger partial charge in [0.2, 0.25) is 5.91 Å². The number of para-hydroxylation sites is 1. The van der Waals surface area contributed by atoms with E-state index in [0.717, 1.165) is 28.4 Å². The first-order valence-electron chi connectivity index (χ1n) is 7.59. The van der Waals surface area contributed by atoms with Gasteiger partial charge in [-0.05, 0) is 44.1 Å². The molecule has 1 N–H and O–H groups in total. The molecule has 1 atom stereocenters. The summed E-state index contributed by atoms with van der Waals surface area (Å²) in [5, 5.41) is 7.54. The van der Waals surface area contributed by atoms with E-state index < -0.39 is 0 Å². The van der Waals surface area contributed by atoms with Gasteiger partial charge in [-0.2, -0.15) is 0 Å². The number of benzene rings is 1. The molecule has 1 aromatic heterocycles. The lowest BCUT2D eigenvalue weighted by Gasteiger charge is -2.11. The van der Waals surface area contributed by atoms with Crippen molar-refractivity contribution >= 4 is 41.2 Å². The van der Waals surface area contributed by atoms with E-state index in [0.29, 0.717) is 9.71 Å². The van der Waals surface area contributed by atoms with Gasteiger partial charge in [0.05, 0.1) is 11.4 Å². The molecule has 0 aliphatic rings. The molecule has 0 aliphatic heterocycles. The minimum Gasteiger partial charge on any atom is -0.353 e. The van der Waals surface area contributed by atoms with Gasteiger partial charge in [-0.25, -0.2) is 4.68 Å². The number of amides is 1. The summed E-state index contributed by atoms with van der Waals surface area (Å²) in [6.45, 7) is 6.18. The van der Waals surface area contributed by atoms with Crippen LogP contribution < -0.4 is 5.32 Å². The standard InChI is InChI=1S/C16H21N3OS3/c1-4-7-12(3)17-14(20)10-22-15-18-19(16(21)23-15)13-9-6-5-8-11(13)2/h5-6,8-9,12H,4,7,10H2,1-3H3,(H,17,20)/t12-/m1/s1. The molecule has 0 unspecified atom stereocenters. The van der Waals surface area contributed by atoms with Gasteiger partial charge in [-0.1, -0.05) is 54.6 Å². The maximum Gasteiger partial charge on any atom is 0.230 e. The number of carbonyl (C=O) groups is 1. The Morgan fingerprint density at radius 1 is 1.48 bits per heavy atom. The molecule has 4 nitrogen and oxygen atoms in total. The Hall–Kier alpha value is -1.18. The highest BCUT2D eigenvalue weighted by molar-refractivity contribution is 8.01. The maximum absolute atomic E-state index is 11.9. The van der Waals surface area contributed by atoms with Gasteiger partial charge in [-0.3, -0.25) is 4.79 Å². The van der Waals surface area contributed by atoms with Crippen molar-refractivity contribution in [1.82, 2.24) is 15.1 Å². The number of hydrogen-bond acceptors (Lipinski definition) is 5. The Labute approximate surface area is 150 Å². The molecule has 0 saturated heterocycles. The van der Waals surface area contributed by atoms with Gasteiger partial charge in [0.1, 0.15) is 0 Å². The third-order valence-electron chi connectivity index (χ3n) is 3.33. The van der Waals surface area contributed by atoms with Crippen molar-refractivity contribution in [1.29, 1.82) is 0 Å². The van der Waals surface area contributed by atoms with Crippen molar-refractivity contribution in [2.45, 2.75) is 44.0 Å². The molecule has 1 amide bonds. The van der Waals surface area contributed by atoms with Crippen LogP contribution in [0.2, 0.25) is 0 Å². The van der Waals surface area contributed by atoms with E-state index in [1.807, 2.05) is 38.1 Å². The lowest BCUT2D eigenvalue weighted by molar-refractivity contribution is -0.119. The van der Waals surface area contributed by atoms with Gasteiger partial charge >= 0.3 is 0 Å². The zero-order valence-electron chi connectivity index (χ0n) is 13.5. The Kier molecular flexibility index (Phi) is 6.80. The average molecular weight is 368 g/mol.